The van der Waals surface area contributed by atoms with Gasteiger partial charge in [0.05, 0.1) is 12.3 Å². The standard InChI is InChI=1S/C20H28ClN3O3S/c1-5-6-13-27-19-14(2)15(3)20(23-16(19)4)24-28(25,26)22-12-11-17-7-9-18(21)10-8-17/h7-10,22H,5-6,11-13H2,1-4H3,(H,23,24). The molecule has 0 unspecified atom stereocenters. The molecule has 0 bridgehead atoms. The van der Waals surface area contributed by atoms with Gasteiger partial charge in [0.2, 0.25) is 0 Å². The lowest BCUT2D eigenvalue weighted by Crippen LogP contribution is -2.32. The molecule has 28 heavy (non-hydrogen) atoms. The number of benzene rings is 1. The Bertz CT molecular complexity index is 900. The Labute approximate surface area is 172 Å². The third-order valence-corrected chi connectivity index (χ3v) is 5.76. The number of anilines is 1. The van der Waals surface area contributed by atoms with E-state index in [1.807, 2.05) is 32.9 Å². The molecule has 0 saturated heterocycles. The smallest absolute Gasteiger partial charge is 0.300 e. The molecule has 154 valence electrons. The lowest BCUT2D eigenvalue weighted by Gasteiger charge is -2.17. The number of hydrogen-bond donors (Lipinski definition) is 2. The summed E-state index contributed by atoms with van der Waals surface area (Å²) in [5, 5.41) is 0.653. The highest BCUT2D eigenvalue weighted by molar-refractivity contribution is 7.90. The number of nitrogens with one attached hydrogen (secondary N) is 2. The lowest BCUT2D eigenvalue weighted by atomic mass is 10.1. The summed E-state index contributed by atoms with van der Waals surface area (Å²) in [6.07, 6.45) is 2.57. The first kappa shape index (κ1) is 22.5. The van der Waals surface area contributed by atoms with E-state index in [4.69, 9.17) is 16.3 Å². The monoisotopic (exact) mass is 425 g/mol. The molecule has 0 aliphatic heterocycles. The first-order chi connectivity index (χ1) is 13.2. The number of pyridine rings is 1. The second-order valence-corrected chi connectivity index (χ2v) is 8.64. The molecule has 0 amide bonds. The molecule has 1 heterocycles. The van der Waals surface area contributed by atoms with E-state index in [2.05, 4.69) is 21.4 Å². The van der Waals surface area contributed by atoms with Crippen LogP contribution in [0.1, 0.15) is 42.1 Å². The van der Waals surface area contributed by atoms with Gasteiger partial charge in [0, 0.05) is 11.6 Å². The Morgan fingerprint density at radius 3 is 2.43 bits per heavy atom. The van der Waals surface area contributed by atoms with Crippen molar-refractivity contribution in [3.05, 3.63) is 51.7 Å². The van der Waals surface area contributed by atoms with Gasteiger partial charge in [-0.3, -0.25) is 4.72 Å². The minimum atomic E-state index is -3.73. The van der Waals surface area contributed by atoms with Crippen LogP contribution in [-0.4, -0.2) is 26.6 Å². The molecule has 0 spiro atoms. The Kier molecular flexibility index (Phi) is 8.10. The largest absolute Gasteiger partial charge is 0.491 e. The van der Waals surface area contributed by atoms with E-state index in [0.717, 1.165) is 35.3 Å². The van der Waals surface area contributed by atoms with E-state index < -0.39 is 10.2 Å². The zero-order chi connectivity index (χ0) is 20.7. The fraction of sp³-hybridized carbons (Fsp3) is 0.450. The molecule has 0 saturated carbocycles. The topological polar surface area (TPSA) is 80.3 Å². The molecule has 2 rings (SSSR count). The van der Waals surface area contributed by atoms with Gasteiger partial charge in [-0.2, -0.15) is 13.1 Å². The van der Waals surface area contributed by atoms with Gasteiger partial charge in [-0.1, -0.05) is 37.1 Å². The maximum atomic E-state index is 12.4. The van der Waals surface area contributed by atoms with E-state index in [0.29, 0.717) is 29.6 Å². The van der Waals surface area contributed by atoms with Crippen LogP contribution < -0.4 is 14.2 Å². The molecule has 6 nitrogen and oxygen atoms in total. The van der Waals surface area contributed by atoms with Gasteiger partial charge in [0.15, 0.2) is 0 Å². The molecule has 0 aliphatic carbocycles. The van der Waals surface area contributed by atoms with Gasteiger partial charge >= 0.3 is 0 Å². The van der Waals surface area contributed by atoms with Crippen LogP contribution in [0.2, 0.25) is 5.02 Å². The zero-order valence-electron chi connectivity index (χ0n) is 16.8. The van der Waals surface area contributed by atoms with Gasteiger partial charge in [-0.05, 0) is 62.4 Å². The molecule has 0 radical (unpaired) electrons. The van der Waals surface area contributed by atoms with Crippen molar-refractivity contribution in [2.24, 2.45) is 0 Å². The average Bonchev–Trinajstić information content (AvgIpc) is 2.64. The summed E-state index contributed by atoms with van der Waals surface area (Å²) < 4.78 is 35.7. The molecule has 2 aromatic rings. The number of aromatic nitrogens is 1. The Hall–Kier alpha value is -1.83. The van der Waals surface area contributed by atoms with Crippen LogP contribution in [0, 0.1) is 20.8 Å². The fourth-order valence-corrected chi connectivity index (χ4v) is 3.72. The van der Waals surface area contributed by atoms with Crippen molar-refractivity contribution in [1.82, 2.24) is 9.71 Å². The maximum Gasteiger partial charge on any atom is 0.300 e. The molecular formula is C20H28ClN3O3S. The van der Waals surface area contributed by atoms with Gasteiger partial charge < -0.3 is 4.74 Å². The van der Waals surface area contributed by atoms with Gasteiger partial charge in [-0.25, -0.2) is 4.98 Å². The number of nitrogens with zero attached hydrogens (tertiary/aromatic N) is 1. The number of aryl methyl sites for hydroxylation is 1. The van der Waals surface area contributed by atoms with Crippen LogP contribution >= 0.6 is 11.6 Å². The van der Waals surface area contributed by atoms with E-state index in [9.17, 15) is 8.42 Å². The summed E-state index contributed by atoms with van der Waals surface area (Å²) >= 11 is 5.86. The van der Waals surface area contributed by atoms with Crippen molar-refractivity contribution in [1.29, 1.82) is 0 Å². The van der Waals surface area contributed by atoms with Crippen LogP contribution in [0.4, 0.5) is 5.82 Å². The van der Waals surface area contributed by atoms with E-state index in [-0.39, 0.29) is 6.54 Å². The second-order valence-electron chi connectivity index (χ2n) is 6.70. The van der Waals surface area contributed by atoms with Crippen LogP contribution in [0.3, 0.4) is 0 Å². The highest BCUT2D eigenvalue weighted by Crippen LogP contribution is 2.29. The first-order valence-electron chi connectivity index (χ1n) is 9.36. The average molecular weight is 426 g/mol. The summed E-state index contributed by atoms with van der Waals surface area (Å²) in [7, 11) is -3.73. The fourth-order valence-electron chi connectivity index (χ4n) is 2.70. The number of halogens is 1. The predicted octanol–water partition coefficient (Wildman–Crippen LogP) is 4.33. The summed E-state index contributed by atoms with van der Waals surface area (Å²) in [5.41, 5.74) is 3.31. The van der Waals surface area contributed by atoms with E-state index in [1.54, 1.807) is 12.1 Å². The highest BCUT2D eigenvalue weighted by Gasteiger charge is 2.17. The molecule has 1 aromatic heterocycles. The molecule has 0 fully saturated rings. The van der Waals surface area contributed by atoms with Crippen LogP contribution in [-0.2, 0) is 16.6 Å². The first-order valence-corrected chi connectivity index (χ1v) is 11.2. The minimum absolute atomic E-state index is 0.270. The molecule has 0 aliphatic rings. The number of ether oxygens (including phenoxy) is 1. The number of rotatable bonds is 10. The highest BCUT2D eigenvalue weighted by atomic mass is 35.5. The quantitative estimate of drug-likeness (QED) is 0.555. The van der Waals surface area contributed by atoms with Crippen molar-refractivity contribution >= 4 is 27.6 Å². The van der Waals surface area contributed by atoms with Crippen molar-refractivity contribution in [2.45, 2.75) is 47.0 Å². The van der Waals surface area contributed by atoms with Crippen molar-refractivity contribution in [3.8, 4) is 5.75 Å². The Morgan fingerprint density at radius 1 is 1.11 bits per heavy atom. The molecule has 1 aromatic carbocycles. The minimum Gasteiger partial charge on any atom is -0.491 e. The van der Waals surface area contributed by atoms with Crippen LogP contribution in [0.15, 0.2) is 24.3 Å². The van der Waals surface area contributed by atoms with Gasteiger partial charge in [0.25, 0.3) is 10.2 Å². The third-order valence-electron chi connectivity index (χ3n) is 4.46. The lowest BCUT2D eigenvalue weighted by molar-refractivity contribution is 0.303. The Morgan fingerprint density at radius 2 is 1.79 bits per heavy atom. The van der Waals surface area contributed by atoms with Gasteiger partial charge in [0.1, 0.15) is 11.6 Å². The second kappa shape index (κ2) is 10.1. The van der Waals surface area contributed by atoms with Crippen molar-refractivity contribution in [3.63, 3.8) is 0 Å². The van der Waals surface area contributed by atoms with Crippen LogP contribution in [0.25, 0.3) is 0 Å². The predicted molar refractivity (Wildman–Crippen MR) is 115 cm³/mol. The summed E-state index contributed by atoms with van der Waals surface area (Å²) in [6, 6.07) is 7.32. The maximum absolute atomic E-state index is 12.4. The third kappa shape index (κ3) is 6.36. The zero-order valence-corrected chi connectivity index (χ0v) is 18.4. The van der Waals surface area contributed by atoms with Crippen molar-refractivity contribution < 1.29 is 13.2 Å². The molecule has 0 atom stereocenters. The molecule has 2 N–H and O–H groups in total. The summed E-state index contributed by atoms with van der Waals surface area (Å²) in [5.74, 6) is 1.04. The summed E-state index contributed by atoms with van der Waals surface area (Å²) in [4.78, 5) is 4.40. The number of unbranched alkanes of at least 4 members (excludes halogenated alkanes) is 1. The molecule has 8 heteroatoms. The van der Waals surface area contributed by atoms with Crippen LogP contribution in [0.5, 0.6) is 5.75 Å². The Balaban J connectivity index is 2.03. The SMILES string of the molecule is CCCCOc1c(C)nc(NS(=O)(=O)NCCc2ccc(Cl)cc2)c(C)c1C. The molecular weight excluding hydrogens is 398 g/mol. The van der Waals surface area contributed by atoms with E-state index in [1.165, 1.54) is 0 Å². The van der Waals surface area contributed by atoms with E-state index >= 15 is 0 Å². The normalized spacial score (nSPS) is 11.5. The summed E-state index contributed by atoms with van der Waals surface area (Å²) in [6.45, 7) is 8.56. The van der Waals surface area contributed by atoms with Gasteiger partial charge in [-0.15, -0.1) is 0 Å². The van der Waals surface area contributed by atoms with Crippen molar-refractivity contribution in [2.75, 3.05) is 17.9 Å². The number of hydrogen-bond acceptors (Lipinski definition) is 4.